The number of aryl methyl sites for hydroxylation is 1. The van der Waals surface area contributed by atoms with E-state index in [4.69, 9.17) is 5.26 Å². The summed E-state index contributed by atoms with van der Waals surface area (Å²) in [6.45, 7) is 3.04. The largest absolute Gasteiger partial charge is 0.340 e. The van der Waals surface area contributed by atoms with Crippen molar-refractivity contribution >= 4 is 17.4 Å². The van der Waals surface area contributed by atoms with Crippen LogP contribution in [0.3, 0.4) is 0 Å². The first-order valence-corrected chi connectivity index (χ1v) is 9.11. The number of hydrogen-bond donors (Lipinski definition) is 1. The Labute approximate surface area is 163 Å². The van der Waals surface area contributed by atoms with Gasteiger partial charge in [0.25, 0.3) is 5.91 Å². The normalized spacial score (nSPS) is 12.8. The fraction of sp³-hybridized carbons (Fsp3) is 0.182. The van der Waals surface area contributed by atoms with E-state index in [2.05, 4.69) is 33.5 Å². The van der Waals surface area contributed by atoms with Crippen LogP contribution in [-0.2, 0) is 13.0 Å². The van der Waals surface area contributed by atoms with Crippen LogP contribution in [0.15, 0.2) is 54.6 Å². The number of carbonyl (C=O) groups is 1. The zero-order valence-electron chi connectivity index (χ0n) is 15.5. The van der Waals surface area contributed by atoms with Crippen LogP contribution in [0.2, 0.25) is 0 Å². The molecule has 6 nitrogen and oxygen atoms in total. The summed E-state index contributed by atoms with van der Waals surface area (Å²) < 4.78 is 0. The average Bonchev–Trinajstić information content (AvgIpc) is 2.73. The van der Waals surface area contributed by atoms with E-state index in [0.29, 0.717) is 36.0 Å². The third-order valence-electron chi connectivity index (χ3n) is 4.76. The Morgan fingerprint density at radius 2 is 1.86 bits per heavy atom. The van der Waals surface area contributed by atoms with Gasteiger partial charge in [-0.25, -0.2) is 9.97 Å². The van der Waals surface area contributed by atoms with Gasteiger partial charge >= 0.3 is 0 Å². The highest BCUT2D eigenvalue weighted by Gasteiger charge is 2.23. The van der Waals surface area contributed by atoms with Gasteiger partial charge in [-0.3, -0.25) is 4.79 Å². The van der Waals surface area contributed by atoms with Crippen molar-refractivity contribution in [2.75, 3.05) is 11.9 Å². The molecule has 0 atom stereocenters. The first-order valence-electron chi connectivity index (χ1n) is 9.11. The highest BCUT2D eigenvalue weighted by Crippen LogP contribution is 2.21. The van der Waals surface area contributed by atoms with Gasteiger partial charge in [-0.05, 0) is 48.7 Å². The molecule has 0 aliphatic carbocycles. The van der Waals surface area contributed by atoms with Gasteiger partial charge in [0.2, 0.25) is 0 Å². The molecule has 0 unspecified atom stereocenters. The first-order chi connectivity index (χ1) is 13.6. The number of fused-ring (bicyclic) bond motifs is 1. The van der Waals surface area contributed by atoms with Crippen LogP contribution in [0.5, 0.6) is 0 Å². The van der Waals surface area contributed by atoms with Crippen molar-refractivity contribution in [1.82, 2.24) is 14.9 Å². The van der Waals surface area contributed by atoms with Gasteiger partial charge in [0, 0.05) is 24.8 Å². The summed E-state index contributed by atoms with van der Waals surface area (Å²) in [5.74, 6) is 0.986. The summed E-state index contributed by atoms with van der Waals surface area (Å²) in [5.41, 5.74) is 4.24. The maximum absolute atomic E-state index is 13.0. The smallest absolute Gasteiger partial charge is 0.272 e. The van der Waals surface area contributed by atoms with Gasteiger partial charge < -0.3 is 10.2 Å². The minimum atomic E-state index is -0.0946. The molecular weight excluding hydrogens is 350 g/mol. The Hall–Kier alpha value is -3.72. The van der Waals surface area contributed by atoms with Crippen molar-refractivity contribution in [3.63, 3.8) is 0 Å². The predicted molar refractivity (Wildman–Crippen MR) is 106 cm³/mol. The Kier molecular flexibility index (Phi) is 4.73. The number of nitrogens with zero attached hydrogens (tertiary/aromatic N) is 4. The van der Waals surface area contributed by atoms with E-state index < -0.39 is 0 Å². The highest BCUT2D eigenvalue weighted by molar-refractivity contribution is 5.93. The molecule has 2 heterocycles. The van der Waals surface area contributed by atoms with Crippen molar-refractivity contribution in [3.05, 3.63) is 82.8 Å². The molecule has 1 aliphatic heterocycles. The molecule has 6 heteroatoms. The number of nitrogens with one attached hydrogen (secondary N) is 1. The fourth-order valence-electron chi connectivity index (χ4n) is 3.35. The van der Waals surface area contributed by atoms with Gasteiger partial charge in [0.1, 0.15) is 17.3 Å². The summed E-state index contributed by atoms with van der Waals surface area (Å²) in [5, 5.41) is 12.1. The monoisotopic (exact) mass is 369 g/mol. The first kappa shape index (κ1) is 17.7. The van der Waals surface area contributed by atoms with Crippen LogP contribution in [-0.4, -0.2) is 27.3 Å². The molecule has 2 aromatic carbocycles. The van der Waals surface area contributed by atoms with E-state index in [9.17, 15) is 4.79 Å². The van der Waals surface area contributed by atoms with Crippen molar-refractivity contribution in [1.29, 1.82) is 5.26 Å². The number of rotatable bonds is 3. The Morgan fingerprint density at radius 1 is 1.11 bits per heavy atom. The van der Waals surface area contributed by atoms with Gasteiger partial charge in [-0.2, -0.15) is 5.26 Å². The molecule has 0 fully saturated rings. The number of aromatic nitrogens is 2. The third kappa shape index (κ3) is 3.69. The lowest BCUT2D eigenvalue weighted by Crippen LogP contribution is -2.36. The van der Waals surface area contributed by atoms with Gasteiger partial charge in [-0.1, -0.05) is 24.3 Å². The molecule has 0 radical (unpaired) electrons. The standard InChI is InChI=1S/C22H19N5O/c1-15-24-20(12-21(25-15)26-19-8-6-16(13-23)7-9-19)22(28)27-11-10-17-4-2-3-5-18(17)14-27/h2-9,12H,10-11,14H2,1H3,(H,24,25,26). The number of carbonyl (C=O) groups excluding carboxylic acids is 1. The molecule has 138 valence electrons. The lowest BCUT2D eigenvalue weighted by Gasteiger charge is -2.28. The quantitative estimate of drug-likeness (QED) is 0.763. The minimum absolute atomic E-state index is 0.0946. The predicted octanol–water partition coefficient (Wildman–Crippen LogP) is 3.60. The number of hydrogen-bond acceptors (Lipinski definition) is 5. The summed E-state index contributed by atoms with van der Waals surface area (Å²) in [6, 6.07) is 19.1. The summed E-state index contributed by atoms with van der Waals surface area (Å²) in [6.07, 6.45) is 0.850. The zero-order valence-corrected chi connectivity index (χ0v) is 15.5. The Morgan fingerprint density at radius 3 is 2.61 bits per heavy atom. The maximum Gasteiger partial charge on any atom is 0.272 e. The summed E-state index contributed by atoms with van der Waals surface area (Å²) in [4.78, 5) is 23.6. The SMILES string of the molecule is Cc1nc(Nc2ccc(C#N)cc2)cc(C(=O)N2CCc3ccccc3C2)n1. The van der Waals surface area contributed by atoms with Gasteiger partial charge in [-0.15, -0.1) is 0 Å². The molecule has 28 heavy (non-hydrogen) atoms. The van der Waals surface area contributed by atoms with Gasteiger partial charge in [0.05, 0.1) is 11.6 Å². The molecule has 0 spiro atoms. The Balaban J connectivity index is 1.55. The van der Waals surface area contributed by atoms with Gasteiger partial charge in [0.15, 0.2) is 0 Å². The minimum Gasteiger partial charge on any atom is -0.340 e. The van der Waals surface area contributed by atoms with Crippen LogP contribution in [0.1, 0.15) is 33.0 Å². The second-order valence-corrected chi connectivity index (χ2v) is 6.75. The van der Waals surface area contributed by atoms with Crippen LogP contribution >= 0.6 is 0 Å². The third-order valence-corrected chi connectivity index (χ3v) is 4.76. The van der Waals surface area contributed by atoms with Crippen molar-refractivity contribution in [2.45, 2.75) is 19.9 Å². The molecule has 1 N–H and O–H groups in total. The fourth-order valence-corrected chi connectivity index (χ4v) is 3.35. The van der Waals surface area contributed by atoms with Crippen LogP contribution in [0.25, 0.3) is 0 Å². The van der Waals surface area contributed by atoms with E-state index >= 15 is 0 Å². The van der Waals surface area contributed by atoms with E-state index in [0.717, 1.165) is 12.1 Å². The van der Waals surface area contributed by atoms with Crippen molar-refractivity contribution in [2.24, 2.45) is 0 Å². The maximum atomic E-state index is 13.0. The Bertz CT molecular complexity index is 1070. The van der Waals surface area contributed by atoms with E-state index in [1.807, 2.05) is 17.0 Å². The van der Waals surface area contributed by atoms with E-state index in [1.165, 1.54) is 11.1 Å². The zero-order chi connectivity index (χ0) is 19.5. The second kappa shape index (κ2) is 7.49. The molecular formula is C22H19N5O. The molecule has 0 saturated carbocycles. The van der Waals surface area contributed by atoms with Crippen molar-refractivity contribution < 1.29 is 4.79 Å². The van der Waals surface area contributed by atoms with Crippen LogP contribution < -0.4 is 5.32 Å². The topological polar surface area (TPSA) is 81.9 Å². The summed E-state index contributed by atoms with van der Waals surface area (Å²) >= 11 is 0. The summed E-state index contributed by atoms with van der Waals surface area (Å²) in [7, 11) is 0. The molecule has 1 amide bonds. The van der Waals surface area contributed by atoms with E-state index in [1.54, 1.807) is 37.3 Å². The number of nitriles is 1. The molecule has 1 aliphatic rings. The number of amides is 1. The molecule has 4 rings (SSSR count). The highest BCUT2D eigenvalue weighted by atomic mass is 16.2. The number of benzene rings is 2. The van der Waals surface area contributed by atoms with Crippen LogP contribution in [0, 0.1) is 18.3 Å². The van der Waals surface area contributed by atoms with Crippen molar-refractivity contribution in [3.8, 4) is 6.07 Å². The second-order valence-electron chi connectivity index (χ2n) is 6.75. The molecule has 0 bridgehead atoms. The van der Waals surface area contributed by atoms with Crippen LogP contribution in [0.4, 0.5) is 11.5 Å². The lowest BCUT2D eigenvalue weighted by molar-refractivity contribution is 0.0728. The van der Waals surface area contributed by atoms with E-state index in [-0.39, 0.29) is 5.91 Å². The molecule has 0 saturated heterocycles. The molecule has 3 aromatic rings. The average molecular weight is 369 g/mol. The lowest BCUT2D eigenvalue weighted by atomic mass is 10.00. The number of anilines is 2. The molecule has 1 aromatic heterocycles.